The first-order valence-electron chi connectivity index (χ1n) is 5.63. The van der Waals surface area contributed by atoms with Gasteiger partial charge in [0, 0.05) is 17.7 Å². The van der Waals surface area contributed by atoms with Gasteiger partial charge in [0.05, 0.1) is 5.69 Å². The van der Waals surface area contributed by atoms with Gasteiger partial charge in [0.25, 0.3) is 0 Å². The van der Waals surface area contributed by atoms with Crippen molar-refractivity contribution in [1.82, 2.24) is 9.97 Å². The van der Waals surface area contributed by atoms with Crippen LogP contribution in [-0.2, 0) is 11.8 Å². The second-order valence-electron chi connectivity index (χ2n) is 5.34. The number of aryl methyl sites for hydroxylation is 1. The number of hydrogen-bond acceptors (Lipinski definition) is 2. The van der Waals surface area contributed by atoms with E-state index in [2.05, 4.69) is 44.6 Å². The standard InChI is InChI=1S/C12H23N3/c1-8(2)6-10-9(3)14-11(15-10)12(4,5)7-13/h8H,6-7,13H2,1-5H3,(H,14,15). The molecule has 3 N–H and O–H groups in total. The highest BCUT2D eigenvalue weighted by Crippen LogP contribution is 2.21. The van der Waals surface area contributed by atoms with Crippen molar-refractivity contribution >= 4 is 0 Å². The molecule has 0 unspecified atom stereocenters. The molecule has 1 rings (SSSR count). The summed E-state index contributed by atoms with van der Waals surface area (Å²) in [6.07, 6.45) is 1.03. The predicted molar refractivity (Wildman–Crippen MR) is 63.9 cm³/mol. The van der Waals surface area contributed by atoms with Crippen LogP contribution in [0.15, 0.2) is 0 Å². The van der Waals surface area contributed by atoms with Crippen molar-refractivity contribution in [3.63, 3.8) is 0 Å². The topological polar surface area (TPSA) is 54.7 Å². The van der Waals surface area contributed by atoms with Gasteiger partial charge in [-0.15, -0.1) is 0 Å². The van der Waals surface area contributed by atoms with E-state index in [0.29, 0.717) is 12.5 Å². The maximum absolute atomic E-state index is 5.74. The maximum atomic E-state index is 5.74. The summed E-state index contributed by atoms with van der Waals surface area (Å²) in [7, 11) is 0. The molecule has 0 saturated carbocycles. The average Bonchev–Trinajstić information content (AvgIpc) is 2.48. The Balaban J connectivity index is 2.95. The molecule has 0 aliphatic heterocycles. The molecule has 0 amide bonds. The zero-order valence-electron chi connectivity index (χ0n) is 10.5. The van der Waals surface area contributed by atoms with Gasteiger partial charge in [0.15, 0.2) is 0 Å². The third-order valence-corrected chi connectivity index (χ3v) is 2.74. The fourth-order valence-corrected chi connectivity index (χ4v) is 1.50. The highest BCUT2D eigenvalue weighted by atomic mass is 15.0. The van der Waals surface area contributed by atoms with Crippen molar-refractivity contribution in [3.8, 4) is 0 Å². The Hall–Kier alpha value is -0.830. The van der Waals surface area contributed by atoms with E-state index < -0.39 is 0 Å². The Morgan fingerprint density at radius 2 is 2.00 bits per heavy atom. The van der Waals surface area contributed by atoms with E-state index in [9.17, 15) is 0 Å². The molecule has 1 heterocycles. The molecule has 0 aliphatic rings. The summed E-state index contributed by atoms with van der Waals surface area (Å²) in [5.74, 6) is 1.65. The number of aromatic nitrogens is 2. The van der Waals surface area contributed by atoms with Crippen molar-refractivity contribution in [2.75, 3.05) is 6.54 Å². The molecule has 0 fully saturated rings. The number of hydrogen-bond donors (Lipinski definition) is 2. The number of nitrogens with two attached hydrogens (primary N) is 1. The van der Waals surface area contributed by atoms with E-state index in [1.54, 1.807) is 0 Å². The monoisotopic (exact) mass is 209 g/mol. The van der Waals surface area contributed by atoms with E-state index in [4.69, 9.17) is 5.73 Å². The first-order chi connectivity index (χ1) is 6.86. The summed E-state index contributed by atoms with van der Waals surface area (Å²) in [4.78, 5) is 8.01. The highest BCUT2D eigenvalue weighted by molar-refractivity contribution is 5.18. The fourth-order valence-electron chi connectivity index (χ4n) is 1.50. The summed E-state index contributed by atoms with van der Waals surface area (Å²) in [6.45, 7) is 11.3. The van der Waals surface area contributed by atoms with Crippen LogP contribution < -0.4 is 5.73 Å². The molecule has 0 aliphatic carbocycles. The van der Waals surface area contributed by atoms with Gasteiger partial charge in [-0.25, -0.2) is 4.98 Å². The minimum absolute atomic E-state index is 0.0556. The van der Waals surface area contributed by atoms with Gasteiger partial charge in [-0.05, 0) is 19.3 Å². The molecule has 3 heteroatoms. The van der Waals surface area contributed by atoms with Gasteiger partial charge in [-0.2, -0.15) is 0 Å². The van der Waals surface area contributed by atoms with E-state index in [0.717, 1.165) is 12.2 Å². The van der Waals surface area contributed by atoms with Crippen molar-refractivity contribution in [2.24, 2.45) is 11.7 Å². The number of rotatable bonds is 4. The molecule has 3 nitrogen and oxygen atoms in total. The van der Waals surface area contributed by atoms with Gasteiger partial charge in [0.1, 0.15) is 5.82 Å². The largest absolute Gasteiger partial charge is 0.345 e. The molecule has 0 atom stereocenters. The molecule has 0 saturated heterocycles. The molecule has 0 radical (unpaired) electrons. The Kier molecular flexibility index (Phi) is 3.55. The first-order valence-corrected chi connectivity index (χ1v) is 5.63. The lowest BCUT2D eigenvalue weighted by Gasteiger charge is -2.18. The minimum atomic E-state index is -0.0556. The van der Waals surface area contributed by atoms with Crippen LogP contribution in [0.1, 0.15) is 44.9 Å². The molecule has 1 aromatic heterocycles. The van der Waals surface area contributed by atoms with Crippen LogP contribution in [0.5, 0.6) is 0 Å². The Morgan fingerprint density at radius 3 is 2.47 bits per heavy atom. The smallest absolute Gasteiger partial charge is 0.113 e. The number of imidazole rings is 1. The van der Waals surface area contributed by atoms with Gasteiger partial charge in [0.2, 0.25) is 0 Å². The number of aromatic amines is 1. The minimum Gasteiger partial charge on any atom is -0.345 e. The van der Waals surface area contributed by atoms with Crippen LogP contribution in [0.25, 0.3) is 0 Å². The SMILES string of the molecule is Cc1[nH]c(C(C)(C)CN)nc1CC(C)C. The van der Waals surface area contributed by atoms with Crippen molar-refractivity contribution in [2.45, 2.75) is 46.5 Å². The summed E-state index contributed by atoms with van der Waals surface area (Å²) < 4.78 is 0. The van der Waals surface area contributed by atoms with Gasteiger partial charge in [-0.3, -0.25) is 0 Å². The van der Waals surface area contributed by atoms with Crippen molar-refractivity contribution in [3.05, 3.63) is 17.2 Å². The predicted octanol–water partition coefficient (Wildman–Crippen LogP) is 2.15. The molecule has 0 spiro atoms. The third-order valence-electron chi connectivity index (χ3n) is 2.74. The normalized spacial score (nSPS) is 12.5. The Labute approximate surface area is 92.5 Å². The number of nitrogens with zero attached hydrogens (tertiary/aromatic N) is 1. The second kappa shape index (κ2) is 4.35. The van der Waals surface area contributed by atoms with E-state index in [1.807, 2.05) is 0 Å². The van der Waals surface area contributed by atoms with Gasteiger partial charge < -0.3 is 10.7 Å². The van der Waals surface area contributed by atoms with Gasteiger partial charge >= 0.3 is 0 Å². The zero-order chi connectivity index (χ0) is 11.6. The number of H-pyrrole nitrogens is 1. The van der Waals surface area contributed by atoms with Crippen LogP contribution in [0.3, 0.4) is 0 Å². The molecule has 86 valence electrons. The molecule has 15 heavy (non-hydrogen) atoms. The summed E-state index contributed by atoms with van der Waals surface area (Å²) in [5.41, 5.74) is 8.05. The molecular formula is C12H23N3. The van der Waals surface area contributed by atoms with Crippen LogP contribution in [-0.4, -0.2) is 16.5 Å². The molecular weight excluding hydrogens is 186 g/mol. The van der Waals surface area contributed by atoms with Crippen molar-refractivity contribution < 1.29 is 0 Å². The van der Waals surface area contributed by atoms with Crippen LogP contribution in [0.2, 0.25) is 0 Å². The molecule has 1 aromatic rings. The lowest BCUT2D eigenvalue weighted by molar-refractivity contribution is 0.505. The van der Waals surface area contributed by atoms with Crippen LogP contribution >= 0.6 is 0 Å². The van der Waals surface area contributed by atoms with E-state index >= 15 is 0 Å². The number of nitrogens with one attached hydrogen (secondary N) is 1. The quantitative estimate of drug-likeness (QED) is 0.798. The Bertz CT molecular complexity index is 324. The highest BCUT2D eigenvalue weighted by Gasteiger charge is 2.23. The third kappa shape index (κ3) is 2.81. The van der Waals surface area contributed by atoms with E-state index in [-0.39, 0.29) is 5.41 Å². The summed E-state index contributed by atoms with van der Waals surface area (Å²) in [6, 6.07) is 0. The van der Waals surface area contributed by atoms with E-state index in [1.165, 1.54) is 11.4 Å². The van der Waals surface area contributed by atoms with Gasteiger partial charge in [-0.1, -0.05) is 27.7 Å². The molecule has 0 bridgehead atoms. The zero-order valence-corrected chi connectivity index (χ0v) is 10.5. The average molecular weight is 209 g/mol. The Morgan fingerprint density at radius 1 is 1.40 bits per heavy atom. The summed E-state index contributed by atoms with van der Waals surface area (Å²) in [5, 5.41) is 0. The lowest BCUT2D eigenvalue weighted by Crippen LogP contribution is -2.29. The first kappa shape index (κ1) is 12.2. The summed E-state index contributed by atoms with van der Waals surface area (Å²) >= 11 is 0. The van der Waals surface area contributed by atoms with Crippen molar-refractivity contribution in [1.29, 1.82) is 0 Å². The molecule has 0 aromatic carbocycles. The van der Waals surface area contributed by atoms with Crippen LogP contribution in [0.4, 0.5) is 0 Å². The lowest BCUT2D eigenvalue weighted by atomic mass is 9.93. The maximum Gasteiger partial charge on any atom is 0.113 e. The van der Waals surface area contributed by atoms with Crippen LogP contribution in [0, 0.1) is 12.8 Å². The second-order valence-corrected chi connectivity index (χ2v) is 5.34. The fraction of sp³-hybridized carbons (Fsp3) is 0.750.